The molecule has 0 bridgehead atoms. The van der Waals surface area contributed by atoms with E-state index in [9.17, 15) is 9.59 Å². The lowest BCUT2D eigenvalue weighted by molar-refractivity contribution is 0.0698. The van der Waals surface area contributed by atoms with Crippen LogP contribution in [-0.2, 0) is 0 Å². The first-order chi connectivity index (χ1) is 9.54. The maximum atomic E-state index is 12.0. The van der Waals surface area contributed by atoms with Crippen molar-refractivity contribution in [3.05, 3.63) is 34.0 Å². The van der Waals surface area contributed by atoms with Crippen LogP contribution in [0.5, 0.6) is 0 Å². The number of aromatic nitrogens is 1. The van der Waals surface area contributed by atoms with Crippen LogP contribution < -0.4 is 5.32 Å². The van der Waals surface area contributed by atoms with Gasteiger partial charge in [0.1, 0.15) is 10.8 Å². The van der Waals surface area contributed by atoms with Crippen molar-refractivity contribution >= 4 is 28.2 Å². The molecular formula is C13H12N2O4S. The van der Waals surface area contributed by atoms with Gasteiger partial charge in [-0.15, -0.1) is 11.3 Å². The second kappa shape index (κ2) is 4.75. The average Bonchev–Trinajstić information content (AvgIpc) is 2.99. The quantitative estimate of drug-likeness (QED) is 0.903. The molecule has 1 fully saturated rings. The lowest BCUT2D eigenvalue weighted by atomic mass is 10.2. The maximum Gasteiger partial charge on any atom is 0.338 e. The van der Waals surface area contributed by atoms with Gasteiger partial charge in [-0.2, -0.15) is 0 Å². The molecule has 1 saturated carbocycles. The van der Waals surface area contributed by atoms with E-state index in [0.29, 0.717) is 10.9 Å². The van der Waals surface area contributed by atoms with Crippen molar-refractivity contribution in [2.75, 3.05) is 5.32 Å². The number of hydrogen-bond acceptors (Lipinski definition) is 5. The molecule has 1 aliphatic rings. The average molecular weight is 292 g/mol. The predicted molar refractivity (Wildman–Crippen MR) is 72.4 cm³/mol. The van der Waals surface area contributed by atoms with Gasteiger partial charge < -0.3 is 14.9 Å². The summed E-state index contributed by atoms with van der Waals surface area (Å²) in [6.07, 6.45) is 2.12. The summed E-state index contributed by atoms with van der Waals surface area (Å²) in [6, 6.07) is 3.15. The number of nitrogens with zero attached hydrogens (tertiary/aromatic N) is 1. The molecule has 2 aromatic rings. The van der Waals surface area contributed by atoms with Crippen LogP contribution in [0.25, 0.3) is 0 Å². The number of anilines is 1. The van der Waals surface area contributed by atoms with Crippen LogP contribution >= 0.6 is 11.3 Å². The molecule has 7 heteroatoms. The Labute approximate surface area is 118 Å². The van der Waals surface area contributed by atoms with Gasteiger partial charge in [0.15, 0.2) is 5.69 Å². The highest BCUT2D eigenvalue weighted by atomic mass is 32.1. The van der Waals surface area contributed by atoms with Gasteiger partial charge in [0, 0.05) is 16.9 Å². The Kier molecular flexibility index (Phi) is 3.06. The summed E-state index contributed by atoms with van der Waals surface area (Å²) in [7, 11) is 0. The third kappa shape index (κ3) is 2.44. The highest BCUT2D eigenvalue weighted by Crippen LogP contribution is 2.40. The van der Waals surface area contributed by atoms with E-state index in [2.05, 4.69) is 10.5 Å². The number of hydrogen-bond donors (Lipinski definition) is 2. The van der Waals surface area contributed by atoms with E-state index >= 15 is 0 Å². The fourth-order valence-corrected chi connectivity index (χ4v) is 2.79. The number of carboxylic acids is 1. The number of aryl methyl sites for hydroxylation is 1. The van der Waals surface area contributed by atoms with Gasteiger partial charge in [-0.25, -0.2) is 4.79 Å². The minimum Gasteiger partial charge on any atom is -0.478 e. The molecule has 3 rings (SSSR count). The second-order valence-electron chi connectivity index (χ2n) is 4.75. The van der Waals surface area contributed by atoms with Crippen LogP contribution in [0, 0.1) is 6.92 Å². The number of aromatic carboxylic acids is 1. The van der Waals surface area contributed by atoms with Gasteiger partial charge in [-0.1, -0.05) is 5.16 Å². The van der Waals surface area contributed by atoms with E-state index in [0.717, 1.165) is 23.5 Å². The van der Waals surface area contributed by atoms with Crippen LogP contribution in [0.15, 0.2) is 16.7 Å². The number of carbonyl (C=O) groups is 2. The molecule has 104 valence electrons. The fourth-order valence-electron chi connectivity index (χ4n) is 1.89. The molecule has 0 unspecified atom stereocenters. The Bertz CT molecular complexity index is 684. The van der Waals surface area contributed by atoms with Crippen LogP contribution in [0.3, 0.4) is 0 Å². The van der Waals surface area contributed by atoms with Gasteiger partial charge in [-0.3, -0.25) is 4.79 Å². The second-order valence-corrected chi connectivity index (χ2v) is 6.00. The largest absolute Gasteiger partial charge is 0.478 e. The summed E-state index contributed by atoms with van der Waals surface area (Å²) < 4.78 is 5.11. The summed E-state index contributed by atoms with van der Waals surface area (Å²) in [5.74, 6) is -0.424. The van der Waals surface area contributed by atoms with E-state index in [-0.39, 0.29) is 11.3 Å². The number of amides is 1. The van der Waals surface area contributed by atoms with Gasteiger partial charge in [0.05, 0.1) is 5.56 Å². The minimum atomic E-state index is -1.07. The monoisotopic (exact) mass is 292 g/mol. The minimum absolute atomic E-state index is 0.0896. The van der Waals surface area contributed by atoms with Crippen LogP contribution in [0.1, 0.15) is 50.2 Å². The fraction of sp³-hybridized carbons (Fsp3) is 0.308. The Balaban J connectivity index is 1.79. The Hall–Kier alpha value is -2.15. The first-order valence-corrected chi connectivity index (χ1v) is 6.98. The lowest BCUT2D eigenvalue weighted by Gasteiger charge is -2.00. The topological polar surface area (TPSA) is 92.4 Å². The third-order valence-corrected chi connectivity index (χ3v) is 4.02. The molecule has 20 heavy (non-hydrogen) atoms. The Morgan fingerprint density at radius 2 is 2.20 bits per heavy atom. The molecular weight excluding hydrogens is 280 g/mol. The van der Waals surface area contributed by atoms with E-state index < -0.39 is 11.9 Å². The number of carbonyl (C=O) groups excluding carboxylic acids is 1. The van der Waals surface area contributed by atoms with Gasteiger partial charge in [0.25, 0.3) is 5.91 Å². The number of nitrogens with one attached hydrogen (secondary N) is 1. The SMILES string of the molecule is Cc1cc(C(=O)O)c(NC(=O)c2cc(C3CC3)on2)s1. The normalized spacial score (nSPS) is 14.2. The summed E-state index contributed by atoms with van der Waals surface area (Å²) in [4.78, 5) is 23.9. The smallest absolute Gasteiger partial charge is 0.338 e. The van der Waals surface area contributed by atoms with Crippen molar-refractivity contribution in [3.63, 3.8) is 0 Å². The summed E-state index contributed by atoms with van der Waals surface area (Å²) >= 11 is 1.22. The highest BCUT2D eigenvalue weighted by Gasteiger charge is 2.29. The molecule has 2 aromatic heterocycles. The highest BCUT2D eigenvalue weighted by molar-refractivity contribution is 7.16. The van der Waals surface area contributed by atoms with Crippen LogP contribution in [0.2, 0.25) is 0 Å². The van der Waals surface area contributed by atoms with E-state index in [1.807, 2.05) is 0 Å². The van der Waals surface area contributed by atoms with Crippen molar-refractivity contribution < 1.29 is 19.2 Å². The van der Waals surface area contributed by atoms with Crippen molar-refractivity contribution in [1.82, 2.24) is 5.16 Å². The van der Waals surface area contributed by atoms with E-state index in [1.165, 1.54) is 17.4 Å². The van der Waals surface area contributed by atoms with Crippen LogP contribution in [0.4, 0.5) is 5.00 Å². The molecule has 2 heterocycles. The van der Waals surface area contributed by atoms with Gasteiger partial charge >= 0.3 is 5.97 Å². The third-order valence-electron chi connectivity index (χ3n) is 3.05. The molecule has 0 aliphatic heterocycles. The molecule has 1 aliphatic carbocycles. The standard InChI is InChI=1S/C13H12N2O4S/c1-6-4-8(13(17)18)12(20-6)14-11(16)9-5-10(19-15-9)7-2-3-7/h4-5,7H,2-3H2,1H3,(H,14,16)(H,17,18). The molecule has 0 atom stereocenters. The Morgan fingerprint density at radius 3 is 2.85 bits per heavy atom. The zero-order valence-electron chi connectivity index (χ0n) is 10.7. The van der Waals surface area contributed by atoms with Crippen molar-refractivity contribution in [3.8, 4) is 0 Å². The predicted octanol–water partition coefficient (Wildman–Crippen LogP) is 2.87. The molecule has 2 N–H and O–H groups in total. The Morgan fingerprint density at radius 1 is 1.45 bits per heavy atom. The summed E-state index contributed by atoms with van der Waals surface area (Å²) in [5, 5.41) is 15.7. The molecule has 0 spiro atoms. The maximum absolute atomic E-state index is 12.0. The van der Waals surface area contributed by atoms with Gasteiger partial charge in [0.2, 0.25) is 0 Å². The van der Waals surface area contributed by atoms with Crippen molar-refractivity contribution in [2.45, 2.75) is 25.7 Å². The number of thiophene rings is 1. The zero-order valence-corrected chi connectivity index (χ0v) is 11.5. The molecule has 0 radical (unpaired) electrons. The zero-order chi connectivity index (χ0) is 14.3. The summed E-state index contributed by atoms with van der Waals surface area (Å²) in [6.45, 7) is 1.79. The molecule has 6 nitrogen and oxygen atoms in total. The first-order valence-electron chi connectivity index (χ1n) is 6.16. The molecule has 0 saturated heterocycles. The molecule has 0 aromatic carbocycles. The van der Waals surface area contributed by atoms with Crippen molar-refractivity contribution in [1.29, 1.82) is 0 Å². The number of carboxylic acid groups (broad SMARTS) is 1. The lowest BCUT2D eigenvalue weighted by Crippen LogP contribution is -2.13. The number of rotatable bonds is 4. The molecule has 1 amide bonds. The van der Waals surface area contributed by atoms with Gasteiger partial charge in [-0.05, 0) is 25.8 Å². The van der Waals surface area contributed by atoms with Crippen LogP contribution in [-0.4, -0.2) is 22.1 Å². The summed E-state index contributed by atoms with van der Waals surface area (Å²) in [5.41, 5.74) is 0.265. The van der Waals surface area contributed by atoms with E-state index in [4.69, 9.17) is 9.63 Å². The van der Waals surface area contributed by atoms with Crippen molar-refractivity contribution in [2.24, 2.45) is 0 Å². The van der Waals surface area contributed by atoms with E-state index in [1.54, 1.807) is 13.0 Å². The first kappa shape index (κ1) is 12.9.